The summed E-state index contributed by atoms with van der Waals surface area (Å²) >= 11 is 4.66. The van der Waals surface area contributed by atoms with Gasteiger partial charge in [0.05, 0.1) is 6.54 Å². The van der Waals surface area contributed by atoms with Gasteiger partial charge in [-0.15, -0.1) is 5.53 Å². The Balaban J connectivity index is 2.37. The third kappa shape index (κ3) is 0.636. The first-order valence-electron chi connectivity index (χ1n) is 1.83. The number of hydrazine groups is 2. The van der Waals surface area contributed by atoms with Crippen molar-refractivity contribution in [2.24, 2.45) is 0 Å². The van der Waals surface area contributed by atoms with Gasteiger partial charge in [0.1, 0.15) is 0 Å². The van der Waals surface area contributed by atoms with Gasteiger partial charge in [-0.3, -0.25) is 0 Å². The highest BCUT2D eigenvalue weighted by molar-refractivity contribution is 7.44. The quantitative estimate of drug-likeness (QED) is 0.376. The summed E-state index contributed by atoms with van der Waals surface area (Å²) in [5.41, 5.74) is 5.56. The van der Waals surface area contributed by atoms with Crippen molar-refractivity contribution in [1.29, 1.82) is 0 Å². The van der Waals surface area contributed by atoms with Crippen LogP contribution >= 0.6 is 0 Å². The lowest BCUT2D eigenvalue weighted by Crippen LogP contribution is -2.26. The minimum Gasteiger partial charge on any atom is -0.180 e. The summed E-state index contributed by atoms with van der Waals surface area (Å²) in [6.45, 7) is 1.86. The lowest BCUT2D eigenvalue weighted by molar-refractivity contribution is -0.541. The van der Waals surface area contributed by atoms with Crippen LogP contribution in [0.1, 0.15) is 0 Å². The van der Waals surface area contributed by atoms with E-state index in [0.717, 1.165) is 13.1 Å². The van der Waals surface area contributed by atoms with Gasteiger partial charge in [-0.05, 0) is 4.05 Å². The molecule has 0 unspecified atom stereocenters. The van der Waals surface area contributed by atoms with Gasteiger partial charge in [-0.2, -0.15) is 5.43 Å². The van der Waals surface area contributed by atoms with Crippen molar-refractivity contribution >= 4 is 12.4 Å². The molecule has 0 atom stereocenters. The number of nitrogens with one attached hydrogen (secondary N) is 2. The van der Waals surface area contributed by atoms with Crippen LogP contribution in [0.5, 0.6) is 0 Å². The Hall–Kier alpha value is -0.220. The summed E-state index contributed by atoms with van der Waals surface area (Å²) in [4.78, 5) is 0. The van der Waals surface area contributed by atoms with Crippen molar-refractivity contribution in [3.05, 3.63) is 0 Å². The number of nitrogens with zero attached hydrogens (tertiary/aromatic N) is 1. The van der Waals surface area contributed by atoms with Crippen molar-refractivity contribution in [1.82, 2.24) is 11.0 Å². The summed E-state index contributed by atoms with van der Waals surface area (Å²) in [6, 6.07) is 0. The van der Waals surface area contributed by atoms with Crippen molar-refractivity contribution in [3.8, 4) is 0 Å². The standard InChI is InChI=1S/C2H6N3S/c6-5-2-1-3-4-5/h3H,1-2H2,(H,4,6)/q+1. The Kier molecular flexibility index (Phi) is 0.979. The molecular weight excluding hydrogens is 98.1 g/mol. The summed E-state index contributed by atoms with van der Waals surface area (Å²) in [7, 11) is 0. The van der Waals surface area contributed by atoms with E-state index in [1.54, 1.807) is 4.05 Å². The third-order valence-electron chi connectivity index (χ3n) is 0.644. The van der Waals surface area contributed by atoms with Gasteiger partial charge in [0.2, 0.25) is 6.54 Å². The Bertz CT molecular complexity index is 63.2. The first-order chi connectivity index (χ1) is 2.89. The average Bonchev–Trinajstić information content (AvgIpc) is 1.86. The van der Waals surface area contributed by atoms with Crippen LogP contribution in [0.25, 0.3) is 0 Å². The van der Waals surface area contributed by atoms with Gasteiger partial charge in [0.25, 0.3) is 12.4 Å². The highest BCUT2D eigenvalue weighted by Crippen LogP contribution is 1.67. The maximum absolute atomic E-state index is 4.66. The van der Waals surface area contributed by atoms with Crippen molar-refractivity contribution in [2.75, 3.05) is 13.1 Å². The van der Waals surface area contributed by atoms with Gasteiger partial charge >= 0.3 is 0 Å². The molecule has 0 aliphatic carbocycles. The summed E-state index contributed by atoms with van der Waals surface area (Å²) in [5.74, 6) is 0. The van der Waals surface area contributed by atoms with E-state index in [4.69, 9.17) is 0 Å². The van der Waals surface area contributed by atoms with Crippen molar-refractivity contribution < 1.29 is 4.05 Å². The predicted octanol–water partition coefficient (Wildman–Crippen LogP) is -1.25. The molecule has 0 amide bonds. The number of hydrogen-bond acceptors (Lipinski definition) is 2. The fourth-order valence-corrected chi connectivity index (χ4v) is 0.513. The van der Waals surface area contributed by atoms with Crippen LogP contribution in [0, 0.1) is 0 Å². The normalized spacial score (nSPS) is 21.0. The molecule has 0 saturated carbocycles. The third-order valence-corrected chi connectivity index (χ3v) is 0.918. The SMILES string of the molecule is S=[N+]1CCNN1. The molecule has 3 nitrogen and oxygen atoms in total. The van der Waals surface area contributed by atoms with Crippen molar-refractivity contribution in [2.45, 2.75) is 0 Å². The van der Waals surface area contributed by atoms with Crippen LogP contribution in [0.2, 0.25) is 0 Å². The number of hydrogen-bond donors (Lipinski definition) is 2. The first kappa shape index (κ1) is 3.95. The molecule has 1 aliphatic heterocycles. The second-order valence-corrected chi connectivity index (χ2v) is 1.58. The minimum atomic E-state index is 0.912. The maximum atomic E-state index is 4.66. The molecule has 4 heteroatoms. The van der Waals surface area contributed by atoms with Gasteiger partial charge in [-0.25, -0.2) is 0 Å². The molecular formula is C2H6N3S+. The van der Waals surface area contributed by atoms with Crippen LogP contribution in [-0.4, -0.2) is 17.1 Å². The van der Waals surface area contributed by atoms with Crippen molar-refractivity contribution in [3.63, 3.8) is 0 Å². The molecule has 1 rings (SSSR count). The Morgan fingerprint density at radius 2 is 2.50 bits per heavy atom. The average molecular weight is 104 g/mol. The molecule has 2 N–H and O–H groups in total. The fraction of sp³-hybridized carbons (Fsp3) is 1.00. The zero-order valence-corrected chi connectivity index (χ0v) is 4.09. The van der Waals surface area contributed by atoms with Crippen LogP contribution in [0.3, 0.4) is 0 Å². The van der Waals surface area contributed by atoms with E-state index in [2.05, 4.69) is 23.4 Å². The molecule has 1 heterocycles. The van der Waals surface area contributed by atoms with Gasteiger partial charge in [0.15, 0.2) is 0 Å². The van der Waals surface area contributed by atoms with Crippen LogP contribution in [0.4, 0.5) is 0 Å². The molecule has 0 aromatic carbocycles. The second-order valence-electron chi connectivity index (χ2n) is 1.14. The van der Waals surface area contributed by atoms with E-state index in [1.807, 2.05) is 0 Å². The number of rotatable bonds is 0. The van der Waals surface area contributed by atoms with E-state index in [0.29, 0.717) is 0 Å². The minimum absolute atomic E-state index is 0.912. The molecule has 0 aromatic rings. The molecule has 1 fully saturated rings. The Labute approximate surface area is 41.4 Å². The molecule has 1 saturated heterocycles. The molecule has 0 aromatic heterocycles. The molecule has 6 heavy (non-hydrogen) atoms. The summed E-state index contributed by atoms with van der Waals surface area (Å²) in [6.07, 6.45) is 0. The van der Waals surface area contributed by atoms with Gasteiger partial charge in [-0.1, -0.05) is 0 Å². The summed E-state index contributed by atoms with van der Waals surface area (Å²) < 4.78 is 1.58. The van der Waals surface area contributed by atoms with Gasteiger partial charge in [0, 0.05) is 0 Å². The van der Waals surface area contributed by atoms with Crippen LogP contribution in [0.15, 0.2) is 0 Å². The molecule has 0 radical (unpaired) electrons. The molecule has 34 valence electrons. The zero-order chi connectivity index (χ0) is 4.41. The van der Waals surface area contributed by atoms with Crippen LogP contribution in [-0.2, 0) is 12.4 Å². The van der Waals surface area contributed by atoms with Gasteiger partial charge < -0.3 is 0 Å². The lowest BCUT2D eigenvalue weighted by Gasteiger charge is -1.77. The molecule has 0 bridgehead atoms. The highest BCUT2D eigenvalue weighted by Gasteiger charge is 2.07. The first-order valence-corrected chi connectivity index (χ1v) is 2.19. The van der Waals surface area contributed by atoms with E-state index >= 15 is 0 Å². The molecule has 0 spiro atoms. The Morgan fingerprint density at radius 3 is 2.67 bits per heavy atom. The largest absolute Gasteiger partial charge is 0.298 e. The zero-order valence-electron chi connectivity index (χ0n) is 3.27. The second kappa shape index (κ2) is 1.49. The van der Waals surface area contributed by atoms with Crippen LogP contribution < -0.4 is 11.0 Å². The van der Waals surface area contributed by atoms with E-state index in [-0.39, 0.29) is 0 Å². The van der Waals surface area contributed by atoms with E-state index in [1.165, 1.54) is 0 Å². The topological polar surface area (TPSA) is 27.1 Å². The lowest BCUT2D eigenvalue weighted by atomic mass is 10.7. The monoisotopic (exact) mass is 104 g/mol. The summed E-state index contributed by atoms with van der Waals surface area (Å²) in [5, 5.41) is 0. The Morgan fingerprint density at radius 1 is 1.67 bits per heavy atom. The maximum Gasteiger partial charge on any atom is 0.298 e. The predicted molar refractivity (Wildman–Crippen MR) is 23.6 cm³/mol. The smallest absolute Gasteiger partial charge is 0.180 e. The highest BCUT2D eigenvalue weighted by atomic mass is 32.1. The molecule has 1 aliphatic rings. The van der Waals surface area contributed by atoms with E-state index < -0.39 is 0 Å². The fourth-order valence-electron chi connectivity index (χ4n) is 0.357. The van der Waals surface area contributed by atoms with E-state index in [9.17, 15) is 0 Å².